The number of methoxy groups -OCH3 is 3. The van der Waals surface area contributed by atoms with E-state index < -0.39 is 67.7 Å². The largest absolute Gasteiger partial charge is 0.493 e. The lowest BCUT2D eigenvalue weighted by atomic mass is 9.98. The molecule has 37 heavy (non-hydrogen) atoms. The van der Waals surface area contributed by atoms with E-state index in [1.54, 1.807) is 18.2 Å². The van der Waals surface area contributed by atoms with E-state index in [0.29, 0.717) is 5.56 Å². The minimum Gasteiger partial charge on any atom is -0.493 e. The van der Waals surface area contributed by atoms with Gasteiger partial charge in [0, 0.05) is 0 Å². The molecule has 1 aliphatic rings. The molecule has 1 aliphatic heterocycles. The first kappa shape index (κ1) is 30.3. The molecular weight excluding hydrogens is 496 g/mol. The molecule has 13 nitrogen and oxygen atoms in total. The first-order valence-electron chi connectivity index (χ1n) is 11.3. The molecule has 1 fully saturated rings. The Labute approximate surface area is 213 Å². The van der Waals surface area contributed by atoms with Gasteiger partial charge >= 0.3 is 11.9 Å². The number of esters is 2. The highest BCUT2D eigenvalue weighted by molar-refractivity contribution is 5.74. The Morgan fingerprint density at radius 1 is 1.00 bits per heavy atom. The summed E-state index contributed by atoms with van der Waals surface area (Å²) in [6.07, 6.45) is -5.81. The van der Waals surface area contributed by atoms with Gasteiger partial charge in [0.1, 0.15) is 31.0 Å². The summed E-state index contributed by atoms with van der Waals surface area (Å²) in [6, 6.07) is 3.15. The molecule has 0 aliphatic carbocycles. The van der Waals surface area contributed by atoms with E-state index in [4.69, 9.17) is 28.8 Å². The number of benzene rings is 1. The zero-order valence-corrected chi connectivity index (χ0v) is 21.0. The number of hydrogen-bond donors (Lipinski definition) is 5. The quantitative estimate of drug-likeness (QED) is 0.210. The summed E-state index contributed by atoms with van der Waals surface area (Å²) in [5, 5.41) is 50.4. The Balaban J connectivity index is 2.15. The lowest BCUT2D eigenvalue weighted by Crippen LogP contribution is -2.60. The average Bonchev–Trinajstić information content (AvgIpc) is 2.86. The summed E-state index contributed by atoms with van der Waals surface area (Å²) in [6.45, 7) is 0.518. The van der Waals surface area contributed by atoms with E-state index in [1.807, 2.05) is 0 Å². The van der Waals surface area contributed by atoms with Gasteiger partial charge in [-0.2, -0.15) is 0 Å². The predicted octanol–water partition coefficient (Wildman–Crippen LogP) is -0.857. The maximum Gasteiger partial charge on any atom is 0.308 e. The van der Waals surface area contributed by atoms with Crippen LogP contribution in [0.5, 0.6) is 17.2 Å². The highest BCUT2D eigenvalue weighted by atomic mass is 16.7. The van der Waals surface area contributed by atoms with Crippen molar-refractivity contribution in [3.8, 4) is 17.2 Å². The van der Waals surface area contributed by atoms with Crippen LogP contribution in [-0.2, 0) is 23.8 Å². The van der Waals surface area contributed by atoms with E-state index >= 15 is 0 Å². The molecule has 1 heterocycles. The minimum absolute atomic E-state index is 0.0217. The van der Waals surface area contributed by atoms with Gasteiger partial charge in [0.05, 0.1) is 46.4 Å². The number of aliphatic hydroxyl groups is 5. The van der Waals surface area contributed by atoms with Crippen LogP contribution in [0.4, 0.5) is 0 Å². The van der Waals surface area contributed by atoms with Gasteiger partial charge in [-0.05, 0) is 24.6 Å². The van der Waals surface area contributed by atoms with Gasteiger partial charge in [-0.25, -0.2) is 0 Å². The summed E-state index contributed by atoms with van der Waals surface area (Å²) >= 11 is 0. The Kier molecular flexibility index (Phi) is 11.1. The molecule has 2 rings (SSSR count). The van der Waals surface area contributed by atoms with Crippen molar-refractivity contribution >= 4 is 18.0 Å². The van der Waals surface area contributed by atoms with Crippen molar-refractivity contribution in [2.24, 2.45) is 0 Å². The maximum absolute atomic E-state index is 12.2. The Morgan fingerprint density at radius 2 is 1.59 bits per heavy atom. The van der Waals surface area contributed by atoms with Gasteiger partial charge in [-0.15, -0.1) is 0 Å². The van der Waals surface area contributed by atoms with Crippen LogP contribution in [0.2, 0.25) is 0 Å². The lowest BCUT2D eigenvalue weighted by molar-refractivity contribution is -0.279. The second kappa shape index (κ2) is 13.6. The van der Waals surface area contributed by atoms with Crippen molar-refractivity contribution in [1.82, 2.24) is 0 Å². The van der Waals surface area contributed by atoms with E-state index in [1.165, 1.54) is 27.2 Å². The highest BCUT2D eigenvalue weighted by Crippen LogP contribution is 2.41. The van der Waals surface area contributed by atoms with Crippen LogP contribution in [0.1, 0.15) is 25.3 Å². The summed E-state index contributed by atoms with van der Waals surface area (Å²) in [4.78, 5) is 23.6. The van der Waals surface area contributed by atoms with Crippen molar-refractivity contribution in [3.05, 3.63) is 23.8 Å². The van der Waals surface area contributed by atoms with Gasteiger partial charge < -0.3 is 54.0 Å². The van der Waals surface area contributed by atoms with Crippen molar-refractivity contribution in [2.45, 2.75) is 56.1 Å². The van der Waals surface area contributed by atoms with Gasteiger partial charge in [0.15, 0.2) is 11.5 Å². The molecule has 1 aromatic rings. The van der Waals surface area contributed by atoms with Crippen LogP contribution in [0.3, 0.4) is 0 Å². The second-order valence-electron chi connectivity index (χ2n) is 8.58. The molecule has 0 radical (unpaired) electrons. The maximum atomic E-state index is 12.2. The van der Waals surface area contributed by atoms with Crippen LogP contribution in [-0.4, -0.2) is 108 Å². The van der Waals surface area contributed by atoms with Crippen LogP contribution >= 0.6 is 0 Å². The molecule has 13 heteroatoms. The Hall–Kier alpha value is -2.94. The zero-order chi connectivity index (χ0) is 27.8. The molecule has 1 saturated heterocycles. The molecule has 0 aromatic heterocycles. The van der Waals surface area contributed by atoms with Crippen molar-refractivity contribution in [1.29, 1.82) is 0 Å². The first-order chi connectivity index (χ1) is 17.5. The number of hydrogen-bond acceptors (Lipinski definition) is 13. The van der Waals surface area contributed by atoms with E-state index in [9.17, 15) is 30.0 Å². The fourth-order valence-corrected chi connectivity index (χ4v) is 3.55. The summed E-state index contributed by atoms with van der Waals surface area (Å²) in [7, 11) is 3.88. The zero-order valence-electron chi connectivity index (χ0n) is 21.0. The fourth-order valence-electron chi connectivity index (χ4n) is 3.55. The van der Waals surface area contributed by atoms with Gasteiger partial charge in [0.2, 0.25) is 12.0 Å². The normalized spacial score (nSPS) is 25.3. The molecule has 1 unspecified atom stereocenters. The van der Waals surface area contributed by atoms with E-state index in [2.05, 4.69) is 4.74 Å². The molecule has 6 atom stereocenters. The standard InChI is InChI=1S/C24H34O13/c1-24(31,10-17(26)34-4)11-18(27)35-12-16-19(28)20(29)21(30)23(36-16)37-22-14(32-2)8-13(6-5-7-25)9-15(22)33-3/h5-6,8-9,16,19-21,23,25,28-31H,7,10-12H2,1-4H3/b6-5+/t16-,19-,20+,21-,23+,24?/m1/s1. The number of ether oxygens (including phenoxy) is 6. The third-order valence-corrected chi connectivity index (χ3v) is 5.49. The van der Waals surface area contributed by atoms with Crippen molar-refractivity contribution in [3.63, 3.8) is 0 Å². The molecule has 0 bridgehead atoms. The number of rotatable bonds is 12. The molecular formula is C24H34O13. The van der Waals surface area contributed by atoms with Crippen LogP contribution in [0, 0.1) is 0 Å². The topological polar surface area (TPSA) is 191 Å². The molecule has 1 aromatic carbocycles. The van der Waals surface area contributed by atoms with Crippen molar-refractivity contribution in [2.75, 3.05) is 34.5 Å². The minimum atomic E-state index is -1.73. The number of carbonyl (C=O) groups excluding carboxylic acids is 2. The van der Waals surface area contributed by atoms with Crippen molar-refractivity contribution < 1.29 is 63.5 Å². The van der Waals surface area contributed by atoms with E-state index in [0.717, 1.165) is 7.11 Å². The third-order valence-electron chi connectivity index (χ3n) is 5.49. The Bertz CT molecular complexity index is 920. The molecule has 5 N–H and O–H groups in total. The van der Waals surface area contributed by atoms with Gasteiger partial charge in [-0.3, -0.25) is 9.59 Å². The highest BCUT2D eigenvalue weighted by Gasteiger charge is 2.46. The van der Waals surface area contributed by atoms with Gasteiger partial charge in [-0.1, -0.05) is 12.2 Å². The summed E-state index contributed by atoms with van der Waals surface area (Å²) in [5.41, 5.74) is -1.12. The average molecular weight is 531 g/mol. The first-order valence-corrected chi connectivity index (χ1v) is 11.3. The smallest absolute Gasteiger partial charge is 0.308 e. The molecule has 0 amide bonds. The molecule has 0 spiro atoms. The van der Waals surface area contributed by atoms with Gasteiger partial charge in [0.25, 0.3) is 0 Å². The summed E-state index contributed by atoms with van der Waals surface area (Å²) in [5.74, 6) is -1.23. The third kappa shape index (κ3) is 8.28. The predicted molar refractivity (Wildman–Crippen MR) is 126 cm³/mol. The molecule has 208 valence electrons. The van der Waals surface area contributed by atoms with Crippen LogP contribution in [0.25, 0.3) is 6.08 Å². The van der Waals surface area contributed by atoms with Crippen LogP contribution in [0.15, 0.2) is 18.2 Å². The Morgan fingerprint density at radius 3 is 2.14 bits per heavy atom. The van der Waals surface area contributed by atoms with Crippen LogP contribution < -0.4 is 14.2 Å². The molecule has 0 saturated carbocycles. The van der Waals surface area contributed by atoms with E-state index in [-0.39, 0.29) is 23.9 Å². The SMILES string of the molecule is COC(=O)CC(C)(O)CC(=O)OC[C@H]1O[C@@H](Oc2c(OC)cc(/C=C/CO)cc2OC)[C@H](O)[C@@H](O)[C@@H]1O. The summed E-state index contributed by atoms with van der Waals surface area (Å²) < 4.78 is 31.6. The fraction of sp³-hybridized carbons (Fsp3) is 0.583. The second-order valence-corrected chi connectivity index (χ2v) is 8.58. The number of carbonyl (C=O) groups is 2. The number of aliphatic hydroxyl groups excluding tert-OH is 4. The monoisotopic (exact) mass is 530 g/mol. The lowest BCUT2D eigenvalue weighted by Gasteiger charge is -2.40.